The summed E-state index contributed by atoms with van der Waals surface area (Å²) in [5, 5.41) is 3.51. The summed E-state index contributed by atoms with van der Waals surface area (Å²) in [6.07, 6.45) is 0.780. The van der Waals surface area contributed by atoms with Crippen LogP contribution in [-0.4, -0.2) is 12.1 Å². The van der Waals surface area contributed by atoms with E-state index < -0.39 is 0 Å². The van der Waals surface area contributed by atoms with Gasteiger partial charge in [0.1, 0.15) is 5.75 Å². The number of aryl methyl sites for hydroxylation is 2. The van der Waals surface area contributed by atoms with Gasteiger partial charge in [-0.05, 0) is 58.2 Å². The van der Waals surface area contributed by atoms with E-state index in [0.717, 1.165) is 18.7 Å². The highest BCUT2D eigenvalue weighted by Crippen LogP contribution is 2.25. The Balaban J connectivity index is 2.72. The van der Waals surface area contributed by atoms with Crippen molar-refractivity contribution in [1.82, 2.24) is 5.32 Å². The lowest BCUT2D eigenvalue weighted by Gasteiger charge is -2.21. The van der Waals surface area contributed by atoms with Gasteiger partial charge < -0.3 is 10.1 Å². The Bertz CT molecular complexity index is 477. The lowest BCUT2D eigenvalue weighted by molar-refractivity contribution is 0.322. The first-order chi connectivity index (χ1) is 9.33. The van der Waals surface area contributed by atoms with E-state index in [1.165, 1.54) is 16.7 Å². The van der Waals surface area contributed by atoms with Gasteiger partial charge in [0.15, 0.2) is 0 Å². The van der Waals surface area contributed by atoms with Gasteiger partial charge >= 0.3 is 0 Å². The largest absolute Gasteiger partial charge is 0.492 e. The first kappa shape index (κ1) is 16.6. The highest BCUT2D eigenvalue weighted by atomic mass is 16.5. The molecule has 0 amide bonds. The Labute approximate surface area is 123 Å². The van der Waals surface area contributed by atoms with E-state index in [-0.39, 0.29) is 5.54 Å². The monoisotopic (exact) mass is 273 g/mol. The quantitative estimate of drug-likeness (QED) is 0.647. The molecular formula is C18H27NO. The number of nitrogens with one attached hydrogen (secondary N) is 1. The third-order valence-electron chi connectivity index (χ3n) is 2.99. The third-order valence-corrected chi connectivity index (χ3v) is 2.99. The SMILES string of the molecule is CC#CCCOc1c(C)cc(CNC(C)(C)C)cc1C. The molecule has 110 valence electrons. The minimum absolute atomic E-state index is 0.135. The molecule has 1 aromatic rings. The molecule has 0 atom stereocenters. The number of hydrogen-bond acceptors (Lipinski definition) is 2. The van der Waals surface area contributed by atoms with Crippen molar-refractivity contribution in [2.45, 2.75) is 60.0 Å². The number of benzene rings is 1. The van der Waals surface area contributed by atoms with Gasteiger partial charge in [-0.2, -0.15) is 0 Å². The highest BCUT2D eigenvalue weighted by molar-refractivity contribution is 5.43. The summed E-state index contributed by atoms with van der Waals surface area (Å²) in [6, 6.07) is 4.40. The van der Waals surface area contributed by atoms with Crippen LogP contribution in [0, 0.1) is 25.7 Å². The average molecular weight is 273 g/mol. The van der Waals surface area contributed by atoms with Gasteiger partial charge in [-0.15, -0.1) is 11.8 Å². The summed E-state index contributed by atoms with van der Waals surface area (Å²) in [5.41, 5.74) is 3.83. The number of rotatable bonds is 5. The van der Waals surface area contributed by atoms with Crippen molar-refractivity contribution in [3.8, 4) is 17.6 Å². The van der Waals surface area contributed by atoms with E-state index in [0.29, 0.717) is 6.61 Å². The third kappa shape index (κ3) is 5.67. The molecule has 0 spiro atoms. The molecule has 0 radical (unpaired) electrons. The lowest BCUT2D eigenvalue weighted by atomic mass is 10.0. The maximum Gasteiger partial charge on any atom is 0.125 e. The van der Waals surface area contributed by atoms with Gasteiger partial charge in [-0.3, -0.25) is 0 Å². The van der Waals surface area contributed by atoms with E-state index >= 15 is 0 Å². The standard InChI is InChI=1S/C18H27NO/c1-7-8-9-10-20-17-14(2)11-16(12-15(17)3)13-19-18(4,5)6/h11-12,19H,9-10,13H2,1-6H3. The van der Waals surface area contributed by atoms with Crippen molar-refractivity contribution in [2.75, 3.05) is 6.61 Å². The van der Waals surface area contributed by atoms with Crippen molar-refractivity contribution < 1.29 is 4.74 Å². The van der Waals surface area contributed by atoms with Crippen LogP contribution in [0.1, 0.15) is 50.8 Å². The zero-order chi connectivity index (χ0) is 15.2. The van der Waals surface area contributed by atoms with E-state index in [2.05, 4.69) is 63.9 Å². The van der Waals surface area contributed by atoms with E-state index in [1.807, 2.05) is 6.92 Å². The fraction of sp³-hybridized carbons (Fsp3) is 0.556. The van der Waals surface area contributed by atoms with Gasteiger partial charge in [0.05, 0.1) is 6.61 Å². The molecule has 0 aliphatic carbocycles. The molecule has 0 aliphatic heterocycles. The Kier molecular flexibility index (Phi) is 6.10. The second-order valence-corrected chi connectivity index (χ2v) is 6.19. The molecule has 0 aliphatic rings. The van der Waals surface area contributed by atoms with Crippen molar-refractivity contribution in [2.24, 2.45) is 0 Å². The van der Waals surface area contributed by atoms with Gasteiger partial charge in [0, 0.05) is 18.5 Å². The van der Waals surface area contributed by atoms with E-state index in [1.54, 1.807) is 0 Å². The maximum atomic E-state index is 5.85. The van der Waals surface area contributed by atoms with Crippen molar-refractivity contribution >= 4 is 0 Å². The second-order valence-electron chi connectivity index (χ2n) is 6.19. The normalized spacial score (nSPS) is 10.9. The fourth-order valence-corrected chi connectivity index (χ4v) is 2.07. The first-order valence-electron chi connectivity index (χ1n) is 7.21. The molecular weight excluding hydrogens is 246 g/mol. The highest BCUT2D eigenvalue weighted by Gasteiger charge is 2.10. The van der Waals surface area contributed by atoms with Gasteiger partial charge in [0.25, 0.3) is 0 Å². The zero-order valence-corrected chi connectivity index (χ0v) is 13.7. The number of hydrogen-bond donors (Lipinski definition) is 1. The van der Waals surface area contributed by atoms with E-state index in [9.17, 15) is 0 Å². The summed E-state index contributed by atoms with van der Waals surface area (Å²) in [4.78, 5) is 0. The van der Waals surface area contributed by atoms with Crippen LogP contribution < -0.4 is 10.1 Å². The minimum Gasteiger partial charge on any atom is -0.492 e. The molecule has 0 heterocycles. The summed E-state index contributed by atoms with van der Waals surface area (Å²) >= 11 is 0. The Morgan fingerprint density at radius 1 is 1.15 bits per heavy atom. The van der Waals surface area contributed by atoms with Gasteiger partial charge in [-0.25, -0.2) is 0 Å². The Hall–Kier alpha value is -1.46. The van der Waals surface area contributed by atoms with Crippen LogP contribution in [0.4, 0.5) is 0 Å². The zero-order valence-electron chi connectivity index (χ0n) is 13.7. The lowest BCUT2D eigenvalue weighted by Crippen LogP contribution is -2.35. The molecule has 0 bridgehead atoms. The fourth-order valence-electron chi connectivity index (χ4n) is 2.07. The van der Waals surface area contributed by atoms with Crippen LogP contribution >= 0.6 is 0 Å². The summed E-state index contributed by atoms with van der Waals surface area (Å²) in [6.45, 7) is 14.1. The van der Waals surface area contributed by atoms with Crippen LogP contribution in [0.15, 0.2) is 12.1 Å². The Morgan fingerprint density at radius 2 is 1.75 bits per heavy atom. The molecule has 1 rings (SSSR count). The molecule has 1 aromatic carbocycles. The summed E-state index contributed by atoms with van der Waals surface area (Å²) in [5.74, 6) is 6.91. The first-order valence-corrected chi connectivity index (χ1v) is 7.21. The predicted molar refractivity (Wildman–Crippen MR) is 86.1 cm³/mol. The molecule has 2 nitrogen and oxygen atoms in total. The summed E-state index contributed by atoms with van der Waals surface area (Å²) < 4.78 is 5.85. The van der Waals surface area contributed by atoms with Crippen LogP contribution in [0.25, 0.3) is 0 Å². The van der Waals surface area contributed by atoms with E-state index in [4.69, 9.17) is 4.74 Å². The molecule has 0 saturated heterocycles. The number of ether oxygens (including phenoxy) is 1. The smallest absolute Gasteiger partial charge is 0.125 e. The van der Waals surface area contributed by atoms with Crippen LogP contribution in [0.5, 0.6) is 5.75 Å². The molecule has 0 fully saturated rings. The molecule has 0 unspecified atom stereocenters. The second kappa shape index (κ2) is 7.36. The van der Waals surface area contributed by atoms with Gasteiger partial charge in [0.2, 0.25) is 0 Å². The summed E-state index contributed by atoms with van der Waals surface area (Å²) in [7, 11) is 0. The van der Waals surface area contributed by atoms with Crippen LogP contribution in [0.2, 0.25) is 0 Å². The average Bonchev–Trinajstić information content (AvgIpc) is 2.34. The molecule has 2 heteroatoms. The van der Waals surface area contributed by atoms with Gasteiger partial charge in [-0.1, -0.05) is 12.1 Å². The van der Waals surface area contributed by atoms with Crippen molar-refractivity contribution in [1.29, 1.82) is 0 Å². The predicted octanol–water partition coefficient (Wildman–Crippen LogP) is 3.98. The molecule has 20 heavy (non-hydrogen) atoms. The van der Waals surface area contributed by atoms with Crippen LogP contribution in [0.3, 0.4) is 0 Å². The maximum absolute atomic E-state index is 5.85. The minimum atomic E-state index is 0.135. The molecule has 0 saturated carbocycles. The van der Waals surface area contributed by atoms with Crippen molar-refractivity contribution in [3.63, 3.8) is 0 Å². The van der Waals surface area contributed by atoms with Crippen LogP contribution in [-0.2, 0) is 6.54 Å². The molecule has 0 aromatic heterocycles. The topological polar surface area (TPSA) is 21.3 Å². The molecule has 1 N–H and O–H groups in total. The Morgan fingerprint density at radius 3 is 2.25 bits per heavy atom. The van der Waals surface area contributed by atoms with Crippen molar-refractivity contribution in [3.05, 3.63) is 28.8 Å².